The molecule has 0 amide bonds. The number of hydrogen-bond acceptors (Lipinski definition) is 4. The number of hydrogen-bond donors (Lipinski definition) is 0. The van der Waals surface area contributed by atoms with Crippen LogP contribution >= 0.6 is 0 Å². The molecule has 0 fully saturated rings. The van der Waals surface area contributed by atoms with Crippen molar-refractivity contribution in [1.29, 1.82) is 0 Å². The van der Waals surface area contributed by atoms with Crippen LogP contribution in [-0.2, 0) is 4.74 Å². The van der Waals surface area contributed by atoms with Gasteiger partial charge in [0.25, 0.3) is 0 Å². The Labute approximate surface area is 116 Å². The van der Waals surface area contributed by atoms with Crippen molar-refractivity contribution in [3.63, 3.8) is 0 Å². The molecular weight excluding hydrogens is 289 g/mol. The standard InChI is InChI=1S/C13H9F3N2O3/c1-6-5-18(17-11(12(6)19)13(20)21-2)10-4-8(15)7(14)3-9(10)16/h3-5H,1-2H3. The van der Waals surface area contributed by atoms with Crippen LogP contribution in [0.4, 0.5) is 13.2 Å². The van der Waals surface area contributed by atoms with Crippen molar-refractivity contribution in [3.8, 4) is 5.69 Å². The van der Waals surface area contributed by atoms with Gasteiger partial charge in [-0.2, -0.15) is 5.10 Å². The van der Waals surface area contributed by atoms with Crippen molar-refractivity contribution >= 4 is 5.97 Å². The third kappa shape index (κ3) is 2.64. The minimum atomic E-state index is -1.36. The summed E-state index contributed by atoms with van der Waals surface area (Å²) in [5.74, 6) is -4.76. The number of aryl methyl sites for hydroxylation is 1. The lowest BCUT2D eigenvalue weighted by molar-refractivity contribution is 0.0590. The highest BCUT2D eigenvalue weighted by atomic mass is 19.2. The molecule has 0 atom stereocenters. The minimum absolute atomic E-state index is 0.0644. The van der Waals surface area contributed by atoms with E-state index in [9.17, 15) is 22.8 Å². The summed E-state index contributed by atoms with van der Waals surface area (Å²) >= 11 is 0. The zero-order chi connectivity index (χ0) is 15.7. The Hall–Kier alpha value is -2.64. The Bertz CT molecular complexity index is 787. The normalized spacial score (nSPS) is 10.5. The fourth-order valence-corrected chi connectivity index (χ4v) is 1.65. The van der Waals surface area contributed by atoms with Gasteiger partial charge in [0.1, 0.15) is 5.69 Å². The van der Waals surface area contributed by atoms with Crippen LogP contribution in [0.25, 0.3) is 5.69 Å². The van der Waals surface area contributed by atoms with E-state index >= 15 is 0 Å². The largest absolute Gasteiger partial charge is 0.464 e. The summed E-state index contributed by atoms with van der Waals surface area (Å²) in [5, 5.41) is 3.61. The number of esters is 1. The third-order valence-corrected chi connectivity index (χ3v) is 2.71. The molecule has 2 aromatic rings. The number of carbonyl (C=O) groups is 1. The minimum Gasteiger partial charge on any atom is -0.464 e. The molecule has 21 heavy (non-hydrogen) atoms. The van der Waals surface area contributed by atoms with Crippen LogP contribution in [0, 0.1) is 24.4 Å². The van der Waals surface area contributed by atoms with Gasteiger partial charge in [0.2, 0.25) is 11.1 Å². The maximum atomic E-state index is 13.7. The second-order valence-corrected chi connectivity index (χ2v) is 4.14. The zero-order valence-corrected chi connectivity index (χ0v) is 11.0. The van der Waals surface area contributed by atoms with E-state index in [2.05, 4.69) is 9.84 Å². The summed E-state index contributed by atoms with van der Waals surface area (Å²) in [6.07, 6.45) is 1.10. The SMILES string of the molecule is COC(=O)c1nn(-c2cc(F)c(F)cc2F)cc(C)c1=O. The predicted octanol–water partition coefficient (Wildman–Crippen LogP) is 1.74. The maximum Gasteiger partial charge on any atom is 0.362 e. The molecule has 0 saturated carbocycles. The van der Waals surface area contributed by atoms with Crippen molar-refractivity contribution in [2.24, 2.45) is 0 Å². The van der Waals surface area contributed by atoms with Gasteiger partial charge < -0.3 is 4.74 Å². The molecule has 5 nitrogen and oxygen atoms in total. The van der Waals surface area contributed by atoms with E-state index in [1.165, 1.54) is 6.92 Å². The summed E-state index contributed by atoms with van der Waals surface area (Å²) in [6, 6.07) is 0.917. The molecule has 0 aliphatic rings. The van der Waals surface area contributed by atoms with E-state index in [0.29, 0.717) is 12.1 Å². The van der Waals surface area contributed by atoms with Crippen LogP contribution in [-0.4, -0.2) is 22.9 Å². The van der Waals surface area contributed by atoms with Crippen molar-refractivity contribution in [1.82, 2.24) is 9.78 Å². The summed E-state index contributed by atoms with van der Waals surface area (Å²) in [6.45, 7) is 1.37. The monoisotopic (exact) mass is 298 g/mol. The average Bonchev–Trinajstić information content (AvgIpc) is 2.45. The molecule has 1 heterocycles. The van der Waals surface area contributed by atoms with Crippen molar-refractivity contribution in [2.75, 3.05) is 7.11 Å². The molecule has 0 bridgehead atoms. The molecule has 1 aromatic heterocycles. The van der Waals surface area contributed by atoms with Crippen LogP contribution in [0.15, 0.2) is 23.1 Å². The molecule has 0 N–H and O–H groups in total. The summed E-state index contributed by atoms with van der Waals surface area (Å²) in [7, 11) is 1.05. The summed E-state index contributed by atoms with van der Waals surface area (Å²) < 4.78 is 45.0. The first-order valence-corrected chi connectivity index (χ1v) is 5.69. The van der Waals surface area contributed by atoms with Gasteiger partial charge in [-0.05, 0) is 6.92 Å². The average molecular weight is 298 g/mol. The molecule has 0 aliphatic carbocycles. The number of benzene rings is 1. The Kier molecular flexibility index (Phi) is 3.79. The number of methoxy groups -OCH3 is 1. The highest BCUT2D eigenvalue weighted by molar-refractivity contribution is 5.87. The molecule has 0 saturated heterocycles. The molecule has 0 unspecified atom stereocenters. The van der Waals surface area contributed by atoms with Crippen molar-refractivity contribution in [2.45, 2.75) is 6.92 Å². The number of nitrogens with zero attached hydrogens (tertiary/aromatic N) is 2. The van der Waals surface area contributed by atoms with E-state index in [0.717, 1.165) is 18.0 Å². The number of aromatic nitrogens is 2. The summed E-state index contributed by atoms with van der Waals surface area (Å²) in [4.78, 5) is 23.2. The Balaban J connectivity index is 2.71. The van der Waals surface area contributed by atoms with Gasteiger partial charge in [0, 0.05) is 23.9 Å². The van der Waals surface area contributed by atoms with Crippen LogP contribution in [0.3, 0.4) is 0 Å². The highest BCUT2D eigenvalue weighted by Gasteiger charge is 2.18. The lowest BCUT2D eigenvalue weighted by atomic mass is 10.2. The van der Waals surface area contributed by atoms with E-state index < -0.39 is 40.2 Å². The molecular formula is C13H9F3N2O3. The summed E-state index contributed by atoms with van der Waals surface area (Å²) in [5.41, 5.74) is -1.65. The Morgan fingerprint density at radius 2 is 1.81 bits per heavy atom. The van der Waals surface area contributed by atoms with Crippen LogP contribution < -0.4 is 5.43 Å². The Morgan fingerprint density at radius 1 is 1.19 bits per heavy atom. The van der Waals surface area contributed by atoms with Crippen LogP contribution in [0.2, 0.25) is 0 Å². The van der Waals surface area contributed by atoms with Gasteiger partial charge in [-0.1, -0.05) is 0 Å². The molecule has 1 aromatic carbocycles. The molecule has 0 spiro atoms. The van der Waals surface area contributed by atoms with Crippen molar-refractivity contribution < 1.29 is 22.7 Å². The third-order valence-electron chi connectivity index (χ3n) is 2.71. The molecule has 0 radical (unpaired) electrons. The highest BCUT2D eigenvalue weighted by Crippen LogP contribution is 2.17. The first-order chi connectivity index (χ1) is 9.85. The first-order valence-electron chi connectivity index (χ1n) is 5.69. The number of carbonyl (C=O) groups excluding carboxylic acids is 1. The second kappa shape index (κ2) is 5.39. The van der Waals surface area contributed by atoms with Gasteiger partial charge in [-0.3, -0.25) is 4.79 Å². The van der Waals surface area contributed by atoms with Crippen LogP contribution in [0.5, 0.6) is 0 Å². The van der Waals surface area contributed by atoms with E-state index in [1.54, 1.807) is 0 Å². The first kappa shape index (κ1) is 14.8. The van der Waals surface area contributed by atoms with Gasteiger partial charge in [0.15, 0.2) is 17.5 Å². The predicted molar refractivity (Wildman–Crippen MR) is 65.8 cm³/mol. The topological polar surface area (TPSA) is 61.2 Å². The smallest absolute Gasteiger partial charge is 0.362 e. The lowest BCUT2D eigenvalue weighted by Crippen LogP contribution is -2.24. The van der Waals surface area contributed by atoms with Gasteiger partial charge in [0.05, 0.1) is 7.11 Å². The maximum absolute atomic E-state index is 13.7. The molecule has 110 valence electrons. The second-order valence-electron chi connectivity index (χ2n) is 4.14. The van der Waals surface area contributed by atoms with E-state index in [-0.39, 0.29) is 5.56 Å². The van der Waals surface area contributed by atoms with Gasteiger partial charge in [-0.15, -0.1) is 0 Å². The Morgan fingerprint density at radius 3 is 2.43 bits per heavy atom. The molecule has 0 aliphatic heterocycles. The van der Waals surface area contributed by atoms with Gasteiger partial charge >= 0.3 is 5.97 Å². The number of halogens is 3. The van der Waals surface area contributed by atoms with E-state index in [4.69, 9.17) is 0 Å². The quantitative estimate of drug-likeness (QED) is 0.626. The molecule has 2 rings (SSSR count). The number of ether oxygens (including phenoxy) is 1. The van der Waals surface area contributed by atoms with Crippen molar-refractivity contribution in [3.05, 3.63) is 57.3 Å². The fraction of sp³-hybridized carbons (Fsp3) is 0.154. The van der Waals surface area contributed by atoms with E-state index in [1.807, 2.05) is 0 Å². The molecule has 8 heteroatoms. The van der Waals surface area contributed by atoms with Gasteiger partial charge in [-0.25, -0.2) is 22.6 Å². The number of rotatable bonds is 2. The lowest BCUT2D eigenvalue weighted by Gasteiger charge is -2.09. The van der Waals surface area contributed by atoms with Crippen LogP contribution in [0.1, 0.15) is 16.1 Å². The fourth-order valence-electron chi connectivity index (χ4n) is 1.65. The zero-order valence-electron chi connectivity index (χ0n) is 11.0.